The summed E-state index contributed by atoms with van der Waals surface area (Å²) < 4.78 is 17.5. The Hall–Kier alpha value is -2.96. The maximum atomic E-state index is 12.5. The van der Waals surface area contributed by atoms with Gasteiger partial charge in [-0.15, -0.1) is 0 Å². The molecule has 0 radical (unpaired) electrons. The molecular weight excluding hydrogens is 494 g/mol. The van der Waals surface area contributed by atoms with E-state index in [0.717, 1.165) is 21.2 Å². The van der Waals surface area contributed by atoms with Gasteiger partial charge in [-0.2, -0.15) is 0 Å². The second kappa shape index (κ2) is 11.1. The van der Waals surface area contributed by atoms with Gasteiger partial charge in [0.2, 0.25) is 5.91 Å². The average molecular weight is 517 g/mol. The summed E-state index contributed by atoms with van der Waals surface area (Å²) in [6, 6.07) is 17.0. The van der Waals surface area contributed by atoms with Crippen LogP contribution in [0.5, 0.6) is 17.2 Å². The molecule has 1 amide bonds. The molecule has 0 saturated carbocycles. The zero-order chi connectivity index (χ0) is 23.1. The van der Waals surface area contributed by atoms with E-state index in [4.69, 9.17) is 25.8 Å². The van der Waals surface area contributed by atoms with Crippen molar-refractivity contribution in [2.45, 2.75) is 13.5 Å². The maximum Gasteiger partial charge on any atom is 0.248 e. The van der Waals surface area contributed by atoms with E-state index in [0.29, 0.717) is 34.6 Å². The van der Waals surface area contributed by atoms with Crippen molar-refractivity contribution >= 4 is 45.2 Å². The van der Waals surface area contributed by atoms with Crippen molar-refractivity contribution in [3.63, 3.8) is 0 Å². The fourth-order valence-electron chi connectivity index (χ4n) is 2.98. The van der Waals surface area contributed by atoms with Gasteiger partial charge in [0.15, 0.2) is 11.5 Å². The number of hydrogen-bond donors (Lipinski definition) is 1. The fraction of sp³-hybridized carbons (Fsp3) is 0.160. The van der Waals surface area contributed by atoms with Crippen molar-refractivity contribution in [2.24, 2.45) is 0 Å². The van der Waals surface area contributed by atoms with E-state index in [2.05, 4.69) is 21.2 Å². The Morgan fingerprint density at radius 2 is 1.78 bits per heavy atom. The molecule has 5 nitrogen and oxygen atoms in total. The third-order valence-electron chi connectivity index (χ3n) is 4.64. The molecule has 0 spiro atoms. The van der Waals surface area contributed by atoms with E-state index < -0.39 is 0 Å². The predicted octanol–water partition coefficient (Wildman–Crippen LogP) is 6.66. The highest BCUT2D eigenvalue weighted by atomic mass is 79.9. The largest absolute Gasteiger partial charge is 0.495 e. The summed E-state index contributed by atoms with van der Waals surface area (Å²) in [5.74, 6) is 1.35. The van der Waals surface area contributed by atoms with Gasteiger partial charge in [-0.1, -0.05) is 41.9 Å². The number of carbonyl (C=O) groups excluding carboxylic acids is 1. The molecule has 0 saturated heterocycles. The van der Waals surface area contributed by atoms with E-state index in [-0.39, 0.29) is 5.91 Å². The maximum absolute atomic E-state index is 12.5. The van der Waals surface area contributed by atoms with E-state index >= 15 is 0 Å². The number of aryl methyl sites for hydroxylation is 1. The van der Waals surface area contributed by atoms with Crippen LogP contribution in [-0.4, -0.2) is 20.1 Å². The molecule has 0 aliphatic rings. The lowest BCUT2D eigenvalue weighted by Gasteiger charge is -2.14. The zero-order valence-corrected chi connectivity index (χ0v) is 20.3. The predicted molar refractivity (Wildman–Crippen MR) is 132 cm³/mol. The van der Waals surface area contributed by atoms with Gasteiger partial charge >= 0.3 is 0 Å². The molecular formula is C25H23BrClNO4. The summed E-state index contributed by atoms with van der Waals surface area (Å²) in [5, 5.41) is 3.39. The third kappa shape index (κ3) is 6.05. The van der Waals surface area contributed by atoms with Crippen LogP contribution in [0.4, 0.5) is 5.69 Å². The first-order valence-corrected chi connectivity index (χ1v) is 11.0. The van der Waals surface area contributed by atoms with Crippen molar-refractivity contribution in [1.82, 2.24) is 0 Å². The molecule has 0 aliphatic heterocycles. The quantitative estimate of drug-likeness (QED) is 0.340. The van der Waals surface area contributed by atoms with Gasteiger partial charge in [-0.25, -0.2) is 0 Å². The molecule has 32 heavy (non-hydrogen) atoms. The number of amides is 1. The summed E-state index contributed by atoms with van der Waals surface area (Å²) >= 11 is 9.66. The molecule has 0 fully saturated rings. The van der Waals surface area contributed by atoms with Crippen LogP contribution in [0.15, 0.2) is 65.1 Å². The highest BCUT2D eigenvalue weighted by Gasteiger charge is 2.12. The van der Waals surface area contributed by atoms with Crippen LogP contribution in [0, 0.1) is 6.92 Å². The molecule has 7 heteroatoms. The number of anilines is 1. The highest BCUT2D eigenvalue weighted by Crippen LogP contribution is 2.37. The van der Waals surface area contributed by atoms with Crippen LogP contribution in [0.3, 0.4) is 0 Å². The normalized spacial score (nSPS) is 10.8. The van der Waals surface area contributed by atoms with Gasteiger partial charge in [-0.05, 0) is 63.8 Å². The van der Waals surface area contributed by atoms with E-state index in [1.807, 2.05) is 49.4 Å². The van der Waals surface area contributed by atoms with E-state index in [1.54, 1.807) is 25.3 Å². The van der Waals surface area contributed by atoms with E-state index in [9.17, 15) is 4.79 Å². The number of rotatable bonds is 8. The van der Waals surface area contributed by atoms with Crippen molar-refractivity contribution in [1.29, 1.82) is 0 Å². The van der Waals surface area contributed by atoms with Crippen LogP contribution < -0.4 is 19.5 Å². The molecule has 3 aromatic carbocycles. The first-order valence-electron chi connectivity index (χ1n) is 9.78. The minimum Gasteiger partial charge on any atom is -0.495 e. The summed E-state index contributed by atoms with van der Waals surface area (Å²) in [6.07, 6.45) is 3.13. The number of ether oxygens (including phenoxy) is 3. The number of halogens is 2. The Kier molecular flexibility index (Phi) is 8.20. The molecule has 0 atom stereocenters. The Bertz CT molecular complexity index is 1130. The molecule has 0 aromatic heterocycles. The second-order valence-electron chi connectivity index (χ2n) is 6.93. The van der Waals surface area contributed by atoms with Crippen LogP contribution in [0.1, 0.15) is 16.7 Å². The first-order chi connectivity index (χ1) is 15.4. The van der Waals surface area contributed by atoms with Gasteiger partial charge in [0.05, 0.1) is 24.4 Å². The van der Waals surface area contributed by atoms with Gasteiger partial charge in [-0.3, -0.25) is 4.79 Å². The number of methoxy groups -OCH3 is 2. The molecule has 166 valence electrons. The summed E-state index contributed by atoms with van der Waals surface area (Å²) in [6.45, 7) is 2.27. The number of benzene rings is 3. The van der Waals surface area contributed by atoms with Crippen molar-refractivity contribution in [3.05, 3.63) is 86.9 Å². The van der Waals surface area contributed by atoms with Gasteiger partial charge in [0.25, 0.3) is 0 Å². The molecule has 0 heterocycles. The standard InChI is InChI=1S/C25H23BrClNO4/c1-16-11-21(22(30-2)14-20(16)27)28-24(29)10-9-18-12-19(26)25(23(13-18)31-3)32-15-17-7-5-4-6-8-17/h4-14H,15H2,1-3H3,(H,28,29). The number of carbonyl (C=O) groups is 1. The van der Waals surface area contributed by atoms with Crippen LogP contribution in [0.2, 0.25) is 5.02 Å². The van der Waals surface area contributed by atoms with Gasteiger partial charge < -0.3 is 19.5 Å². The average Bonchev–Trinajstić information content (AvgIpc) is 2.79. The van der Waals surface area contributed by atoms with Crippen LogP contribution >= 0.6 is 27.5 Å². The van der Waals surface area contributed by atoms with Crippen molar-refractivity contribution in [2.75, 3.05) is 19.5 Å². The van der Waals surface area contributed by atoms with Crippen molar-refractivity contribution < 1.29 is 19.0 Å². The lowest BCUT2D eigenvalue weighted by atomic mass is 10.1. The lowest BCUT2D eigenvalue weighted by Crippen LogP contribution is -2.09. The topological polar surface area (TPSA) is 56.8 Å². The minimum atomic E-state index is -0.301. The smallest absolute Gasteiger partial charge is 0.248 e. The Morgan fingerprint density at radius 3 is 2.47 bits per heavy atom. The SMILES string of the molecule is COc1cc(Cl)c(C)cc1NC(=O)C=Cc1cc(Br)c(OCc2ccccc2)c(OC)c1. The molecule has 3 aromatic rings. The Labute approximate surface area is 201 Å². The number of hydrogen-bond acceptors (Lipinski definition) is 4. The molecule has 1 N–H and O–H groups in total. The summed E-state index contributed by atoms with van der Waals surface area (Å²) in [7, 11) is 3.10. The van der Waals surface area contributed by atoms with Crippen LogP contribution in [0.25, 0.3) is 6.08 Å². The molecule has 0 unspecified atom stereocenters. The third-order valence-corrected chi connectivity index (χ3v) is 5.64. The van der Waals surface area contributed by atoms with Gasteiger partial charge in [0, 0.05) is 17.2 Å². The zero-order valence-electron chi connectivity index (χ0n) is 17.9. The van der Waals surface area contributed by atoms with E-state index in [1.165, 1.54) is 13.2 Å². The van der Waals surface area contributed by atoms with Crippen molar-refractivity contribution in [3.8, 4) is 17.2 Å². The first kappa shape index (κ1) is 23.7. The fourth-order valence-corrected chi connectivity index (χ4v) is 3.71. The van der Waals surface area contributed by atoms with Crippen LogP contribution in [-0.2, 0) is 11.4 Å². The highest BCUT2D eigenvalue weighted by molar-refractivity contribution is 9.10. The molecule has 0 aliphatic carbocycles. The lowest BCUT2D eigenvalue weighted by molar-refractivity contribution is -0.111. The summed E-state index contributed by atoms with van der Waals surface area (Å²) in [4.78, 5) is 12.5. The second-order valence-corrected chi connectivity index (χ2v) is 8.19. The minimum absolute atomic E-state index is 0.301. The number of nitrogens with one attached hydrogen (secondary N) is 1. The summed E-state index contributed by atoms with van der Waals surface area (Å²) in [5.41, 5.74) is 3.21. The molecule has 0 bridgehead atoms. The monoisotopic (exact) mass is 515 g/mol. The molecule has 3 rings (SSSR count). The Morgan fingerprint density at radius 1 is 1.06 bits per heavy atom. The Balaban J connectivity index is 1.73. The van der Waals surface area contributed by atoms with Gasteiger partial charge in [0.1, 0.15) is 12.4 Å².